The summed E-state index contributed by atoms with van der Waals surface area (Å²) in [4.78, 5) is 13.7. The van der Waals surface area contributed by atoms with E-state index in [1.807, 2.05) is 37.6 Å². The summed E-state index contributed by atoms with van der Waals surface area (Å²) < 4.78 is 0. The Hall–Kier alpha value is -0.670. The molecule has 0 saturated carbocycles. The van der Waals surface area contributed by atoms with Crippen molar-refractivity contribution in [1.82, 2.24) is 4.90 Å². The molecule has 88 valence electrons. The van der Waals surface area contributed by atoms with Crippen molar-refractivity contribution in [3.8, 4) is 0 Å². The molecule has 0 fully saturated rings. The van der Waals surface area contributed by atoms with Gasteiger partial charge in [0.05, 0.1) is 0 Å². The summed E-state index contributed by atoms with van der Waals surface area (Å²) in [6.07, 6.45) is 2.03. The van der Waals surface area contributed by atoms with Crippen LogP contribution in [0.25, 0.3) is 0 Å². The fourth-order valence-corrected chi connectivity index (χ4v) is 1.96. The van der Waals surface area contributed by atoms with E-state index in [9.17, 15) is 4.79 Å². The highest BCUT2D eigenvalue weighted by atomic mass is 35.5. The quantitative estimate of drug-likeness (QED) is 0.756. The first-order chi connectivity index (χ1) is 7.69. The molecule has 0 atom stereocenters. The van der Waals surface area contributed by atoms with Gasteiger partial charge >= 0.3 is 0 Å². The lowest BCUT2D eigenvalue weighted by atomic mass is 10.1. The van der Waals surface area contributed by atoms with E-state index in [-0.39, 0.29) is 5.91 Å². The molecule has 0 radical (unpaired) electrons. The van der Waals surface area contributed by atoms with E-state index in [0.29, 0.717) is 11.4 Å². The number of alkyl halides is 1. The zero-order valence-corrected chi connectivity index (χ0v) is 11.1. The molecular weight excluding hydrogens is 242 g/mol. The van der Waals surface area contributed by atoms with Crippen molar-refractivity contribution < 1.29 is 4.79 Å². The monoisotopic (exact) mass is 257 g/mol. The lowest BCUT2D eigenvalue weighted by Gasteiger charge is -2.16. The maximum atomic E-state index is 12.0. The number of hydrogen-bond acceptors (Lipinski definition) is 2. The Labute approximate surface area is 106 Å². The molecule has 1 rings (SSSR count). The molecule has 0 aromatic heterocycles. The zero-order chi connectivity index (χ0) is 12.0. The molecule has 0 bridgehead atoms. The summed E-state index contributed by atoms with van der Waals surface area (Å²) >= 11 is 7.47. The maximum Gasteiger partial charge on any atom is 0.253 e. The molecule has 0 saturated heterocycles. The van der Waals surface area contributed by atoms with Crippen molar-refractivity contribution >= 4 is 29.3 Å². The SMILES string of the molecule is CSCCN(C)C(=O)c1cccc(CCl)c1. The minimum absolute atomic E-state index is 0.0565. The van der Waals surface area contributed by atoms with Crippen LogP contribution in [0.15, 0.2) is 24.3 Å². The average molecular weight is 258 g/mol. The summed E-state index contributed by atoms with van der Waals surface area (Å²) in [5.74, 6) is 1.45. The minimum Gasteiger partial charge on any atom is -0.341 e. The number of thioether (sulfide) groups is 1. The van der Waals surface area contributed by atoms with Gasteiger partial charge in [0.1, 0.15) is 0 Å². The van der Waals surface area contributed by atoms with E-state index in [0.717, 1.165) is 17.9 Å². The van der Waals surface area contributed by atoms with Crippen LogP contribution in [0.4, 0.5) is 0 Å². The number of amides is 1. The van der Waals surface area contributed by atoms with E-state index >= 15 is 0 Å². The van der Waals surface area contributed by atoms with Crippen LogP contribution in [0, 0.1) is 0 Å². The van der Waals surface area contributed by atoms with Gasteiger partial charge in [0.2, 0.25) is 0 Å². The molecule has 0 N–H and O–H groups in total. The third-order valence-electron chi connectivity index (χ3n) is 2.31. The van der Waals surface area contributed by atoms with Gasteiger partial charge in [0.25, 0.3) is 5.91 Å². The largest absolute Gasteiger partial charge is 0.341 e. The Balaban J connectivity index is 2.71. The fraction of sp³-hybridized carbons (Fsp3) is 0.417. The van der Waals surface area contributed by atoms with Crippen molar-refractivity contribution in [2.75, 3.05) is 25.6 Å². The van der Waals surface area contributed by atoms with Crippen LogP contribution in [-0.2, 0) is 5.88 Å². The molecule has 0 aliphatic carbocycles. The predicted molar refractivity (Wildman–Crippen MR) is 71.3 cm³/mol. The summed E-state index contributed by atoms with van der Waals surface area (Å²) in [5.41, 5.74) is 1.69. The Kier molecular flexibility index (Phi) is 5.71. The van der Waals surface area contributed by atoms with Gasteiger partial charge in [-0.3, -0.25) is 4.79 Å². The average Bonchev–Trinajstić information content (AvgIpc) is 2.35. The Morgan fingerprint density at radius 1 is 1.50 bits per heavy atom. The summed E-state index contributed by atoms with van der Waals surface area (Å²) in [6, 6.07) is 7.47. The van der Waals surface area contributed by atoms with Gasteiger partial charge in [-0.25, -0.2) is 0 Å². The van der Waals surface area contributed by atoms with Gasteiger partial charge in [0.15, 0.2) is 0 Å². The number of hydrogen-bond donors (Lipinski definition) is 0. The molecule has 2 nitrogen and oxygen atoms in total. The summed E-state index contributed by atoms with van der Waals surface area (Å²) in [5, 5.41) is 0. The highest BCUT2D eigenvalue weighted by Crippen LogP contribution is 2.10. The minimum atomic E-state index is 0.0565. The van der Waals surface area contributed by atoms with E-state index < -0.39 is 0 Å². The first-order valence-corrected chi connectivity index (χ1v) is 7.01. The third-order valence-corrected chi connectivity index (χ3v) is 3.21. The lowest BCUT2D eigenvalue weighted by molar-refractivity contribution is 0.0803. The molecule has 1 aromatic rings. The molecule has 1 aromatic carbocycles. The summed E-state index contributed by atoms with van der Waals surface area (Å²) in [7, 11) is 1.83. The van der Waals surface area contributed by atoms with Crippen LogP contribution in [-0.4, -0.2) is 36.4 Å². The van der Waals surface area contributed by atoms with Crippen LogP contribution in [0.3, 0.4) is 0 Å². The maximum absolute atomic E-state index is 12.0. The highest BCUT2D eigenvalue weighted by Gasteiger charge is 2.11. The summed E-state index contributed by atoms with van der Waals surface area (Å²) in [6.45, 7) is 0.769. The number of nitrogens with zero attached hydrogens (tertiary/aromatic N) is 1. The Bertz CT molecular complexity index is 357. The second kappa shape index (κ2) is 6.81. The Morgan fingerprint density at radius 3 is 2.88 bits per heavy atom. The van der Waals surface area contributed by atoms with Crippen molar-refractivity contribution in [2.24, 2.45) is 0 Å². The number of carbonyl (C=O) groups excluding carboxylic acids is 1. The van der Waals surface area contributed by atoms with Crippen LogP contribution in [0.5, 0.6) is 0 Å². The van der Waals surface area contributed by atoms with Crippen molar-refractivity contribution in [3.05, 3.63) is 35.4 Å². The van der Waals surface area contributed by atoms with Crippen LogP contribution in [0.2, 0.25) is 0 Å². The lowest BCUT2D eigenvalue weighted by Crippen LogP contribution is -2.28. The van der Waals surface area contributed by atoms with Gasteiger partial charge in [-0.15, -0.1) is 11.6 Å². The van der Waals surface area contributed by atoms with Crippen LogP contribution < -0.4 is 0 Å². The van der Waals surface area contributed by atoms with Gasteiger partial charge in [-0.1, -0.05) is 12.1 Å². The number of benzene rings is 1. The molecule has 0 aliphatic heterocycles. The molecular formula is C12H16ClNOS. The second-order valence-electron chi connectivity index (χ2n) is 3.55. The van der Waals surface area contributed by atoms with Gasteiger partial charge < -0.3 is 4.90 Å². The van der Waals surface area contributed by atoms with Crippen LogP contribution >= 0.6 is 23.4 Å². The van der Waals surface area contributed by atoms with E-state index in [1.54, 1.807) is 16.7 Å². The first kappa shape index (κ1) is 13.4. The van der Waals surface area contributed by atoms with E-state index in [2.05, 4.69) is 0 Å². The molecule has 1 amide bonds. The van der Waals surface area contributed by atoms with Crippen molar-refractivity contribution in [1.29, 1.82) is 0 Å². The third kappa shape index (κ3) is 3.72. The number of rotatable bonds is 5. The molecule has 0 spiro atoms. The van der Waals surface area contributed by atoms with Gasteiger partial charge in [-0.2, -0.15) is 11.8 Å². The van der Waals surface area contributed by atoms with Crippen molar-refractivity contribution in [3.63, 3.8) is 0 Å². The first-order valence-electron chi connectivity index (χ1n) is 5.08. The Morgan fingerprint density at radius 2 is 2.25 bits per heavy atom. The van der Waals surface area contributed by atoms with Gasteiger partial charge in [0, 0.05) is 30.8 Å². The predicted octanol–water partition coefficient (Wildman–Crippen LogP) is 2.86. The standard InChI is InChI=1S/C12H16ClNOS/c1-14(6-7-16-2)12(15)11-5-3-4-10(8-11)9-13/h3-5,8H,6-7,9H2,1-2H3. The topological polar surface area (TPSA) is 20.3 Å². The highest BCUT2D eigenvalue weighted by molar-refractivity contribution is 7.98. The molecule has 4 heteroatoms. The van der Waals surface area contributed by atoms with Crippen LogP contribution in [0.1, 0.15) is 15.9 Å². The molecule has 0 unspecified atom stereocenters. The second-order valence-corrected chi connectivity index (χ2v) is 4.81. The molecule has 16 heavy (non-hydrogen) atoms. The zero-order valence-electron chi connectivity index (χ0n) is 9.57. The van der Waals surface area contributed by atoms with Crippen molar-refractivity contribution in [2.45, 2.75) is 5.88 Å². The smallest absolute Gasteiger partial charge is 0.253 e. The van der Waals surface area contributed by atoms with E-state index in [1.165, 1.54) is 0 Å². The van der Waals surface area contributed by atoms with E-state index in [4.69, 9.17) is 11.6 Å². The number of carbonyl (C=O) groups is 1. The van der Waals surface area contributed by atoms with Gasteiger partial charge in [-0.05, 0) is 24.0 Å². The molecule has 0 heterocycles. The normalized spacial score (nSPS) is 10.2. The fourth-order valence-electron chi connectivity index (χ4n) is 1.34. The molecule has 0 aliphatic rings. The number of halogens is 1.